The van der Waals surface area contributed by atoms with Crippen molar-refractivity contribution in [1.29, 1.82) is 0 Å². The van der Waals surface area contributed by atoms with Gasteiger partial charge in [-0.2, -0.15) is 0 Å². The Labute approximate surface area is 103 Å². The van der Waals surface area contributed by atoms with Gasteiger partial charge in [0.05, 0.1) is 17.5 Å². The molecule has 2 rings (SSSR count). The maximum atomic E-state index is 11.8. The minimum atomic E-state index is -0.332. The molecule has 6 nitrogen and oxygen atoms in total. The number of furan rings is 1. The fourth-order valence-electron chi connectivity index (χ4n) is 1.46. The molecule has 0 fully saturated rings. The molecule has 4 N–H and O–H groups in total. The second-order valence-electron chi connectivity index (χ2n) is 3.50. The van der Waals surface area contributed by atoms with E-state index in [1.54, 1.807) is 30.3 Å². The smallest absolute Gasteiger partial charge is 0.258 e. The molecule has 0 atom stereocenters. The number of oxime groups is 1. The van der Waals surface area contributed by atoms with Crippen LogP contribution < -0.4 is 11.1 Å². The van der Waals surface area contributed by atoms with Gasteiger partial charge in [-0.3, -0.25) is 4.79 Å². The number of carbonyl (C=O) groups is 1. The van der Waals surface area contributed by atoms with Crippen molar-refractivity contribution in [3.05, 3.63) is 54.0 Å². The molecule has 0 spiro atoms. The average Bonchev–Trinajstić information content (AvgIpc) is 2.92. The van der Waals surface area contributed by atoms with Crippen LogP contribution in [0.2, 0.25) is 0 Å². The third-order valence-electron chi connectivity index (χ3n) is 2.34. The van der Waals surface area contributed by atoms with Crippen molar-refractivity contribution in [2.24, 2.45) is 10.9 Å². The lowest BCUT2D eigenvalue weighted by Gasteiger charge is -2.08. The number of rotatable bonds is 3. The van der Waals surface area contributed by atoms with Gasteiger partial charge in [-0.1, -0.05) is 17.3 Å². The lowest BCUT2D eigenvalue weighted by Crippen LogP contribution is -2.18. The number of hydrogen-bond donors (Lipinski definition) is 3. The number of para-hydroxylation sites is 1. The Morgan fingerprint density at radius 1 is 1.33 bits per heavy atom. The molecular formula is C12H11N3O3. The molecule has 0 unspecified atom stereocenters. The van der Waals surface area contributed by atoms with E-state index in [1.165, 1.54) is 12.5 Å². The maximum absolute atomic E-state index is 11.8. The summed E-state index contributed by atoms with van der Waals surface area (Å²) in [4.78, 5) is 11.8. The summed E-state index contributed by atoms with van der Waals surface area (Å²) in [6, 6.07) is 8.30. The van der Waals surface area contributed by atoms with E-state index in [2.05, 4.69) is 10.5 Å². The number of nitrogens with two attached hydrogens (primary N) is 1. The summed E-state index contributed by atoms with van der Waals surface area (Å²) >= 11 is 0. The van der Waals surface area contributed by atoms with Crippen molar-refractivity contribution >= 4 is 17.4 Å². The molecule has 0 radical (unpaired) electrons. The fraction of sp³-hybridized carbons (Fsp3) is 0. The Kier molecular flexibility index (Phi) is 3.29. The molecule has 1 heterocycles. The van der Waals surface area contributed by atoms with E-state index in [0.717, 1.165) is 0 Å². The molecule has 0 aliphatic heterocycles. The molecule has 0 aliphatic carbocycles. The first-order chi connectivity index (χ1) is 8.72. The molecule has 0 saturated carbocycles. The van der Waals surface area contributed by atoms with Crippen LogP contribution in [0.1, 0.15) is 15.9 Å². The predicted octanol–water partition coefficient (Wildman–Crippen LogP) is 1.63. The van der Waals surface area contributed by atoms with Crippen LogP contribution in [0.3, 0.4) is 0 Å². The fourth-order valence-corrected chi connectivity index (χ4v) is 1.46. The zero-order chi connectivity index (χ0) is 13.0. The number of nitrogens with zero attached hydrogens (tertiary/aromatic N) is 1. The van der Waals surface area contributed by atoms with Crippen molar-refractivity contribution in [2.45, 2.75) is 0 Å². The van der Waals surface area contributed by atoms with E-state index >= 15 is 0 Å². The van der Waals surface area contributed by atoms with Gasteiger partial charge in [0.1, 0.15) is 6.26 Å². The standard InChI is InChI=1S/C12H11N3O3/c13-11(15-17)9-3-1-2-4-10(9)14-12(16)8-5-6-18-7-8/h1-7,17H,(H2,13,15)(H,14,16). The molecule has 1 amide bonds. The number of hydrogen-bond acceptors (Lipinski definition) is 4. The quantitative estimate of drug-likeness (QED) is 0.331. The zero-order valence-electron chi connectivity index (χ0n) is 9.33. The molecule has 1 aromatic heterocycles. The molecule has 1 aromatic carbocycles. The van der Waals surface area contributed by atoms with Crippen molar-refractivity contribution in [2.75, 3.05) is 5.32 Å². The minimum Gasteiger partial charge on any atom is -0.472 e. The molecule has 2 aromatic rings. The Morgan fingerprint density at radius 2 is 2.11 bits per heavy atom. The van der Waals surface area contributed by atoms with Gasteiger partial charge in [-0.25, -0.2) is 0 Å². The molecule has 18 heavy (non-hydrogen) atoms. The van der Waals surface area contributed by atoms with E-state index in [9.17, 15) is 4.79 Å². The largest absolute Gasteiger partial charge is 0.472 e. The van der Waals surface area contributed by atoms with E-state index in [4.69, 9.17) is 15.4 Å². The van der Waals surface area contributed by atoms with Crippen molar-refractivity contribution < 1.29 is 14.4 Å². The highest BCUT2D eigenvalue weighted by molar-refractivity contribution is 6.09. The highest BCUT2D eigenvalue weighted by atomic mass is 16.4. The summed E-state index contributed by atoms with van der Waals surface area (Å²) in [5, 5.41) is 14.2. The monoisotopic (exact) mass is 245 g/mol. The number of carbonyl (C=O) groups excluding carboxylic acids is 1. The molecule has 0 bridgehead atoms. The van der Waals surface area contributed by atoms with Crippen LogP contribution in [0, 0.1) is 0 Å². The maximum Gasteiger partial charge on any atom is 0.258 e. The van der Waals surface area contributed by atoms with Gasteiger partial charge >= 0.3 is 0 Å². The Balaban J connectivity index is 2.27. The summed E-state index contributed by atoms with van der Waals surface area (Å²) in [5.41, 5.74) is 6.81. The zero-order valence-corrected chi connectivity index (χ0v) is 9.33. The number of amidine groups is 1. The average molecular weight is 245 g/mol. The third-order valence-corrected chi connectivity index (χ3v) is 2.34. The molecule has 0 saturated heterocycles. The van der Waals surface area contributed by atoms with E-state index in [0.29, 0.717) is 16.8 Å². The van der Waals surface area contributed by atoms with Crippen LogP contribution >= 0.6 is 0 Å². The third kappa shape index (κ3) is 2.32. The second-order valence-corrected chi connectivity index (χ2v) is 3.50. The first kappa shape index (κ1) is 11.7. The van der Waals surface area contributed by atoms with Crippen LogP contribution in [0.25, 0.3) is 0 Å². The molecule has 6 heteroatoms. The van der Waals surface area contributed by atoms with Gasteiger partial charge < -0.3 is 20.7 Å². The highest BCUT2D eigenvalue weighted by Gasteiger charge is 2.11. The first-order valence-electron chi connectivity index (χ1n) is 5.13. The number of benzene rings is 1. The van der Waals surface area contributed by atoms with Crippen LogP contribution in [0.5, 0.6) is 0 Å². The Hall–Kier alpha value is -2.76. The molecular weight excluding hydrogens is 234 g/mol. The Morgan fingerprint density at radius 3 is 2.78 bits per heavy atom. The Bertz CT molecular complexity index is 576. The summed E-state index contributed by atoms with van der Waals surface area (Å²) in [6.07, 6.45) is 2.74. The summed E-state index contributed by atoms with van der Waals surface area (Å²) in [6.45, 7) is 0. The molecule has 92 valence electrons. The minimum absolute atomic E-state index is 0.0712. The van der Waals surface area contributed by atoms with Gasteiger partial charge in [0.2, 0.25) is 0 Å². The van der Waals surface area contributed by atoms with E-state index in [1.807, 2.05) is 0 Å². The van der Waals surface area contributed by atoms with Crippen LogP contribution in [0.4, 0.5) is 5.69 Å². The van der Waals surface area contributed by atoms with Crippen LogP contribution in [-0.4, -0.2) is 17.0 Å². The second kappa shape index (κ2) is 5.05. The predicted molar refractivity (Wildman–Crippen MR) is 65.6 cm³/mol. The number of amides is 1. The lowest BCUT2D eigenvalue weighted by atomic mass is 10.1. The lowest BCUT2D eigenvalue weighted by molar-refractivity contribution is 0.102. The number of anilines is 1. The number of nitrogens with one attached hydrogen (secondary N) is 1. The molecule has 0 aliphatic rings. The van der Waals surface area contributed by atoms with Crippen molar-refractivity contribution in [1.82, 2.24) is 0 Å². The topological polar surface area (TPSA) is 101 Å². The summed E-state index contributed by atoms with van der Waals surface area (Å²) in [5.74, 6) is -0.403. The van der Waals surface area contributed by atoms with Gasteiger partial charge in [0.15, 0.2) is 5.84 Å². The van der Waals surface area contributed by atoms with Gasteiger partial charge in [0.25, 0.3) is 5.91 Å². The van der Waals surface area contributed by atoms with Gasteiger partial charge in [-0.15, -0.1) is 0 Å². The van der Waals surface area contributed by atoms with Gasteiger partial charge in [-0.05, 0) is 18.2 Å². The summed E-state index contributed by atoms with van der Waals surface area (Å²) in [7, 11) is 0. The SMILES string of the molecule is N/C(=N/O)c1ccccc1NC(=O)c1ccoc1. The van der Waals surface area contributed by atoms with Crippen LogP contribution in [0.15, 0.2) is 52.4 Å². The first-order valence-corrected chi connectivity index (χ1v) is 5.13. The van der Waals surface area contributed by atoms with Crippen LogP contribution in [-0.2, 0) is 0 Å². The van der Waals surface area contributed by atoms with E-state index < -0.39 is 0 Å². The normalized spacial score (nSPS) is 11.2. The van der Waals surface area contributed by atoms with Crippen molar-refractivity contribution in [3.8, 4) is 0 Å². The summed E-state index contributed by atoms with van der Waals surface area (Å²) < 4.78 is 4.82. The van der Waals surface area contributed by atoms with E-state index in [-0.39, 0.29) is 11.7 Å². The van der Waals surface area contributed by atoms with Gasteiger partial charge in [0, 0.05) is 5.56 Å². The van der Waals surface area contributed by atoms with Crippen molar-refractivity contribution in [3.63, 3.8) is 0 Å². The highest BCUT2D eigenvalue weighted by Crippen LogP contribution is 2.16.